The number of hydrogen-bond donors (Lipinski definition) is 0. The van der Waals surface area contributed by atoms with E-state index in [2.05, 4.69) is 0 Å². The lowest BCUT2D eigenvalue weighted by atomic mass is 10.00. The Bertz CT molecular complexity index is 173. The topological polar surface area (TPSA) is 50.1 Å². The number of carbonyl (C=O) groups is 1. The highest BCUT2D eigenvalue weighted by molar-refractivity contribution is 5.54. The van der Waals surface area contributed by atoms with Crippen LogP contribution in [0.3, 0.4) is 0 Å². The van der Waals surface area contributed by atoms with Gasteiger partial charge in [-0.25, -0.2) is 0 Å². The average molecular weight is 153 g/mol. The zero-order valence-corrected chi connectivity index (χ0v) is 6.32. The molecule has 1 saturated heterocycles. The molecule has 0 aromatic heterocycles. The van der Waals surface area contributed by atoms with Gasteiger partial charge in [-0.2, -0.15) is 5.26 Å². The van der Waals surface area contributed by atoms with Gasteiger partial charge in [-0.1, -0.05) is 0 Å². The summed E-state index contributed by atoms with van der Waals surface area (Å²) in [6, 6.07) is 2.04. The number of aldehydes is 1. The Morgan fingerprint density at radius 2 is 2.55 bits per heavy atom. The minimum atomic E-state index is 0.00662. The SMILES string of the molecule is N#CCCC1OCCC1C=O. The highest BCUT2D eigenvalue weighted by Gasteiger charge is 2.26. The van der Waals surface area contributed by atoms with Crippen molar-refractivity contribution in [2.24, 2.45) is 5.92 Å². The molecule has 0 N–H and O–H groups in total. The first-order chi connectivity index (χ1) is 5.38. The second-order valence-electron chi connectivity index (χ2n) is 2.69. The predicted octanol–water partition coefficient (Wildman–Crippen LogP) is 0.894. The summed E-state index contributed by atoms with van der Waals surface area (Å²) in [5.41, 5.74) is 0. The first-order valence-corrected chi connectivity index (χ1v) is 3.82. The van der Waals surface area contributed by atoms with Gasteiger partial charge in [-0.3, -0.25) is 0 Å². The summed E-state index contributed by atoms with van der Waals surface area (Å²) >= 11 is 0. The second kappa shape index (κ2) is 4.09. The Balaban J connectivity index is 2.32. The fourth-order valence-corrected chi connectivity index (χ4v) is 1.32. The van der Waals surface area contributed by atoms with E-state index < -0.39 is 0 Å². The van der Waals surface area contributed by atoms with Crippen LogP contribution in [0.25, 0.3) is 0 Å². The number of ether oxygens (including phenoxy) is 1. The number of hydrogen-bond acceptors (Lipinski definition) is 3. The summed E-state index contributed by atoms with van der Waals surface area (Å²) in [6.45, 7) is 0.666. The van der Waals surface area contributed by atoms with Crippen LogP contribution in [-0.4, -0.2) is 19.0 Å². The van der Waals surface area contributed by atoms with E-state index in [9.17, 15) is 4.79 Å². The molecule has 0 saturated carbocycles. The van der Waals surface area contributed by atoms with Gasteiger partial charge < -0.3 is 9.53 Å². The lowest BCUT2D eigenvalue weighted by Gasteiger charge is -2.10. The van der Waals surface area contributed by atoms with Crippen LogP contribution >= 0.6 is 0 Å². The molecule has 0 aliphatic carbocycles. The zero-order chi connectivity index (χ0) is 8.10. The van der Waals surface area contributed by atoms with E-state index in [-0.39, 0.29) is 12.0 Å². The third-order valence-electron chi connectivity index (χ3n) is 1.98. The van der Waals surface area contributed by atoms with E-state index in [1.165, 1.54) is 0 Å². The summed E-state index contributed by atoms with van der Waals surface area (Å²) in [5.74, 6) is 0.0309. The van der Waals surface area contributed by atoms with Gasteiger partial charge in [0.05, 0.1) is 12.2 Å². The second-order valence-corrected chi connectivity index (χ2v) is 2.69. The molecule has 1 heterocycles. The number of nitrogens with zero attached hydrogens (tertiary/aromatic N) is 1. The molecule has 1 aliphatic heterocycles. The van der Waals surface area contributed by atoms with Crippen molar-refractivity contribution in [3.05, 3.63) is 0 Å². The molecule has 1 fully saturated rings. The van der Waals surface area contributed by atoms with Gasteiger partial charge in [0.15, 0.2) is 0 Å². The normalized spacial score (nSPS) is 29.7. The Kier molecular flexibility index (Phi) is 3.06. The van der Waals surface area contributed by atoms with E-state index >= 15 is 0 Å². The molecule has 0 spiro atoms. The lowest BCUT2D eigenvalue weighted by Crippen LogP contribution is -2.16. The summed E-state index contributed by atoms with van der Waals surface area (Å²) in [5, 5.41) is 8.29. The van der Waals surface area contributed by atoms with E-state index in [0.717, 1.165) is 12.7 Å². The van der Waals surface area contributed by atoms with Crippen molar-refractivity contribution in [2.45, 2.75) is 25.4 Å². The monoisotopic (exact) mass is 153 g/mol. The van der Waals surface area contributed by atoms with Crippen LogP contribution in [0.2, 0.25) is 0 Å². The third-order valence-corrected chi connectivity index (χ3v) is 1.98. The van der Waals surface area contributed by atoms with Crippen molar-refractivity contribution in [1.29, 1.82) is 5.26 Å². The zero-order valence-electron chi connectivity index (χ0n) is 6.32. The van der Waals surface area contributed by atoms with Crippen LogP contribution in [0.15, 0.2) is 0 Å². The van der Waals surface area contributed by atoms with Crippen LogP contribution in [0.4, 0.5) is 0 Å². The molecular weight excluding hydrogens is 142 g/mol. The fraction of sp³-hybridized carbons (Fsp3) is 0.750. The highest BCUT2D eigenvalue weighted by Crippen LogP contribution is 2.22. The van der Waals surface area contributed by atoms with Gasteiger partial charge in [0.25, 0.3) is 0 Å². The fourth-order valence-electron chi connectivity index (χ4n) is 1.32. The molecule has 0 aromatic rings. The average Bonchev–Trinajstić information content (AvgIpc) is 2.47. The molecule has 0 bridgehead atoms. The van der Waals surface area contributed by atoms with E-state index in [1.54, 1.807) is 0 Å². The van der Waals surface area contributed by atoms with Gasteiger partial charge in [0.2, 0.25) is 0 Å². The Labute approximate surface area is 66.0 Å². The van der Waals surface area contributed by atoms with Crippen LogP contribution < -0.4 is 0 Å². The first-order valence-electron chi connectivity index (χ1n) is 3.82. The Morgan fingerprint density at radius 1 is 1.73 bits per heavy atom. The van der Waals surface area contributed by atoms with Crippen LogP contribution in [-0.2, 0) is 9.53 Å². The largest absolute Gasteiger partial charge is 0.377 e. The number of carbonyl (C=O) groups excluding carboxylic acids is 1. The van der Waals surface area contributed by atoms with Gasteiger partial charge in [-0.15, -0.1) is 0 Å². The van der Waals surface area contributed by atoms with Crippen molar-refractivity contribution >= 4 is 6.29 Å². The molecule has 0 amide bonds. The molecule has 3 heteroatoms. The first kappa shape index (κ1) is 8.22. The maximum absolute atomic E-state index is 10.4. The molecule has 11 heavy (non-hydrogen) atoms. The molecule has 1 rings (SSSR count). The minimum absolute atomic E-state index is 0.00662. The van der Waals surface area contributed by atoms with Crippen molar-refractivity contribution in [3.63, 3.8) is 0 Å². The summed E-state index contributed by atoms with van der Waals surface area (Å²) < 4.78 is 5.28. The predicted molar refractivity (Wildman–Crippen MR) is 38.8 cm³/mol. The number of rotatable bonds is 3. The summed E-state index contributed by atoms with van der Waals surface area (Å²) in [7, 11) is 0. The van der Waals surface area contributed by atoms with Crippen LogP contribution in [0.1, 0.15) is 19.3 Å². The standard InChI is InChI=1S/C8H11NO2/c9-4-1-2-8-7(6-10)3-5-11-8/h6-8H,1-3,5H2. The smallest absolute Gasteiger partial charge is 0.125 e. The molecule has 2 unspecified atom stereocenters. The number of nitriles is 1. The molecule has 0 radical (unpaired) electrons. The van der Waals surface area contributed by atoms with Crippen LogP contribution in [0.5, 0.6) is 0 Å². The summed E-state index contributed by atoms with van der Waals surface area (Å²) in [4.78, 5) is 10.4. The summed E-state index contributed by atoms with van der Waals surface area (Å²) in [6.07, 6.45) is 2.94. The Morgan fingerprint density at radius 3 is 3.18 bits per heavy atom. The van der Waals surface area contributed by atoms with E-state index in [1.807, 2.05) is 6.07 Å². The molecular formula is C8H11NO2. The van der Waals surface area contributed by atoms with Gasteiger partial charge in [0.1, 0.15) is 6.29 Å². The van der Waals surface area contributed by atoms with E-state index in [0.29, 0.717) is 19.4 Å². The molecule has 1 aliphatic rings. The molecule has 2 atom stereocenters. The van der Waals surface area contributed by atoms with Crippen molar-refractivity contribution in [3.8, 4) is 6.07 Å². The van der Waals surface area contributed by atoms with Crippen molar-refractivity contribution < 1.29 is 9.53 Å². The molecule has 60 valence electrons. The Hall–Kier alpha value is -0.880. The van der Waals surface area contributed by atoms with Gasteiger partial charge in [-0.05, 0) is 12.8 Å². The maximum Gasteiger partial charge on any atom is 0.125 e. The van der Waals surface area contributed by atoms with Crippen molar-refractivity contribution in [2.75, 3.05) is 6.61 Å². The van der Waals surface area contributed by atoms with Gasteiger partial charge >= 0.3 is 0 Å². The highest BCUT2D eigenvalue weighted by atomic mass is 16.5. The molecule has 0 aromatic carbocycles. The minimum Gasteiger partial charge on any atom is -0.377 e. The quantitative estimate of drug-likeness (QED) is 0.566. The lowest BCUT2D eigenvalue weighted by molar-refractivity contribution is -0.112. The van der Waals surface area contributed by atoms with E-state index in [4.69, 9.17) is 10.00 Å². The van der Waals surface area contributed by atoms with Crippen LogP contribution in [0, 0.1) is 17.2 Å². The third kappa shape index (κ3) is 2.02. The maximum atomic E-state index is 10.4. The van der Waals surface area contributed by atoms with Gasteiger partial charge in [0, 0.05) is 18.9 Å². The van der Waals surface area contributed by atoms with Crippen molar-refractivity contribution in [1.82, 2.24) is 0 Å². The molecule has 3 nitrogen and oxygen atoms in total.